The molecule has 1 aliphatic rings. The molecule has 2 unspecified atom stereocenters. The Kier molecular flexibility index (Phi) is 5.03. The van der Waals surface area contributed by atoms with Crippen molar-refractivity contribution in [3.8, 4) is 0 Å². The molecule has 1 aromatic carbocycles. The molecule has 0 saturated carbocycles. The molecule has 2 aromatic rings. The molecule has 2 heterocycles. The van der Waals surface area contributed by atoms with Crippen LogP contribution in [0, 0.1) is 0 Å². The average Bonchev–Trinajstić information content (AvgIpc) is 3.03. The molecule has 3 rings (SSSR count). The van der Waals surface area contributed by atoms with Gasteiger partial charge in [-0.25, -0.2) is 0 Å². The fourth-order valence-electron chi connectivity index (χ4n) is 2.72. The molecule has 0 radical (unpaired) electrons. The number of carboxylic acid groups (broad SMARTS) is 1. The number of thioether (sulfide) groups is 1. The van der Waals surface area contributed by atoms with Gasteiger partial charge >= 0.3 is 5.97 Å². The predicted octanol–water partition coefficient (Wildman–Crippen LogP) is 3.41. The predicted molar refractivity (Wildman–Crippen MR) is 92.8 cm³/mol. The molecule has 0 spiro atoms. The summed E-state index contributed by atoms with van der Waals surface area (Å²) in [4.78, 5) is 25.1. The van der Waals surface area contributed by atoms with Gasteiger partial charge in [-0.05, 0) is 34.7 Å². The second-order valence-corrected chi connectivity index (χ2v) is 7.58. The summed E-state index contributed by atoms with van der Waals surface area (Å²) in [5, 5.41) is 13.8. The molecule has 120 valence electrons. The third kappa shape index (κ3) is 3.76. The summed E-state index contributed by atoms with van der Waals surface area (Å²) in [6.07, 6.45) is 0.877. The standard InChI is InChI=1S/C17H17NO3S2/c19-15(20)10-13(11-4-2-1-3-5-11)18-17(21)16-12-6-8-22-14(12)7-9-23-16/h1-6,8,13,16H,7,9-10H2,(H,18,21)(H,19,20). The van der Waals surface area contributed by atoms with Gasteiger partial charge in [-0.3, -0.25) is 9.59 Å². The SMILES string of the molecule is O=C(O)CC(NC(=O)C1SCCc2sccc21)c1ccccc1. The van der Waals surface area contributed by atoms with Crippen molar-refractivity contribution >= 4 is 35.0 Å². The second-order valence-electron chi connectivity index (χ2n) is 5.37. The van der Waals surface area contributed by atoms with Crippen LogP contribution in [0.2, 0.25) is 0 Å². The molecule has 0 saturated heterocycles. The number of thiophene rings is 1. The van der Waals surface area contributed by atoms with Crippen LogP contribution in [-0.2, 0) is 16.0 Å². The molecule has 2 atom stereocenters. The first-order valence-electron chi connectivity index (χ1n) is 7.40. The van der Waals surface area contributed by atoms with Crippen LogP contribution in [0.1, 0.15) is 33.7 Å². The van der Waals surface area contributed by atoms with Crippen LogP contribution in [0.4, 0.5) is 0 Å². The molecule has 23 heavy (non-hydrogen) atoms. The highest BCUT2D eigenvalue weighted by Crippen LogP contribution is 2.39. The van der Waals surface area contributed by atoms with E-state index in [0.29, 0.717) is 0 Å². The highest BCUT2D eigenvalue weighted by atomic mass is 32.2. The minimum Gasteiger partial charge on any atom is -0.481 e. The van der Waals surface area contributed by atoms with E-state index < -0.39 is 12.0 Å². The van der Waals surface area contributed by atoms with Crippen LogP contribution in [0.5, 0.6) is 0 Å². The Labute approximate surface area is 142 Å². The number of hydrogen-bond donors (Lipinski definition) is 2. The zero-order valence-electron chi connectivity index (χ0n) is 12.4. The molecular weight excluding hydrogens is 330 g/mol. The highest BCUT2D eigenvalue weighted by Gasteiger charge is 2.30. The first-order valence-corrected chi connectivity index (χ1v) is 9.33. The van der Waals surface area contributed by atoms with E-state index in [-0.39, 0.29) is 17.6 Å². The molecule has 0 aliphatic carbocycles. The number of fused-ring (bicyclic) bond motifs is 1. The lowest BCUT2D eigenvalue weighted by molar-refractivity contribution is -0.137. The van der Waals surface area contributed by atoms with Gasteiger partial charge in [0.05, 0.1) is 12.5 Å². The lowest BCUT2D eigenvalue weighted by atomic mass is 10.0. The third-order valence-electron chi connectivity index (χ3n) is 3.81. The monoisotopic (exact) mass is 347 g/mol. The van der Waals surface area contributed by atoms with Crippen LogP contribution in [0.15, 0.2) is 41.8 Å². The van der Waals surface area contributed by atoms with Crippen LogP contribution >= 0.6 is 23.1 Å². The van der Waals surface area contributed by atoms with E-state index >= 15 is 0 Å². The number of carbonyl (C=O) groups is 2. The quantitative estimate of drug-likeness (QED) is 0.870. The number of aryl methyl sites for hydroxylation is 1. The average molecular weight is 347 g/mol. The fourth-order valence-corrected chi connectivity index (χ4v) is 5.03. The van der Waals surface area contributed by atoms with Gasteiger partial charge in [-0.2, -0.15) is 0 Å². The van der Waals surface area contributed by atoms with Gasteiger partial charge in [0.1, 0.15) is 5.25 Å². The number of nitrogens with one attached hydrogen (secondary N) is 1. The van der Waals surface area contributed by atoms with Gasteiger partial charge < -0.3 is 10.4 Å². The zero-order chi connectivity index (χ0) is 16.2. The molecule has 0 bridgehead atoms. The minimum atomic E-state index is -0.924. The number of aliphatic carboxylic acids is 1. The lowest BCUT2D eigenvalue weighted by Crippen LogP contribution is -2.34. The van der Waals surface area contributed by atoms with Crippen LogP contribution < -0.4 is 5.32 Å². The Hall–Kier alpha value is -1.79. The summed E-state index contributed by atoms with van der Waals surface area (Å²) in [6.45, 7) is 0. The maximum Gasteiger partial charge on any atom is 0.305 e. The first-order chi connectivity index (χ1) is 11.1. The third-order valence-corrected chi connectivity index (χ3v) is 6.05. The largest absolute Gasteiger partial charge is 0.481 e. The Balaban J connectivity index is 1.78. The maximum atomic E-state index is 12.7. The van der Waals surface area contributed by atoms with Crippen molar-refractivity contribution in [1.82, 2.24) is 5.32 Å². The summed E-state index contributed by atoms with van der Waals surface area (Å²) >= 11 is 3.31. The first kappa shape index (κ1) is 16.1. The van der Waals surface area contributed by atoms with Crippen LogP contribution in [0.3, 0.4) is 0 Å². The van der Waals surface area contributed by atoms with Gasteiger partial charge in [0, 0.05) is 4.88 Å². The van der Waals surface area contributed by atoms with Crippen LogP contribution in [0.25, 0.3) is 0 Å². The van der Waals surface area contributed by atoms with Crippen LogP contribution in [-0.4, -0.2) is 22.7 Å². The van der Waals surface area contributed by atoms with E-state index in [0.717, 1.165) is 23.3 Å². The topological polar surface area (TPSA) is 66.4 Å². The Morgan fingerprint density at radius 2 is 2.04 bits per heavy atom. The van der Waals surface area contributed by atoms with Crippen molar-refractivity contribution in [2.75, 3.05) is 5.75 Å². The summed E-state index contributed by atoms with van der Waals surface area (Å²) in [5.74, 6) is -0.114. The fraction of sp³-hybridized carbons (Fsp3) is 0.294. The molecule has 2 N–H and O–H groups in total. The maximum absolute atomic E-state index is 12.7. The van der Waals surface area contributed by atoms with E-state index in [1.807, 2.05) is 41.8 Å². The van der Waals surface area contributed by atoms with Gasteiger partial charge in [-0.15, -0.1) is 23.1 Å². The molecule has 6 heteroatoms. The lowest BCUT2D eigenvalue weighted by Gasteiger charge is -2.25. The summed E-state index contributed by atoms with van der Waals surface area (Å²) < 4.78 is 0. The zero-order valence-corrected chi connectivity index (χ0v) is 14.0. The Morgan fingerprint density at radius 1 is 1.26 bits per heavy atom. The van der Waals surface area contributed by atoms with Crippen molar-refractivity contribution in [3.63, 3.8) is 0 Å². The number of carboxylic acids is 1. The number of carbonyl (C=O) groups excluding carboxylic acids is 1. The highest BCUT2D eigenvalue weighted by molar-refractivity contribution is 8.00. The van der Waals surface area contributed by atoms with E-state index in [1.165, 1.54) is 4.88 Å². The summed E-state index contributed by atoms with van der Waals surface area (Å²) in [5.41, 5.74) is 1.89. The van der Waals surface area contributed by atoms with Crippen molar-refractivity contribution in [2.24, 2.45) is 0 Å². The van der Waals surface area contributed by atoms with E-state index in [1.54, 1.807) is 23.1 Å². The van der Waals surface area contributed by atoms with Crippen molar-refractivity contribution in [2.45, 2.75) is 24.1 Å². The normalized spacial score (nSPS) is 18.0. The van der Waals surface area contributed by atoms with Crippen molar-refractivity contribution in [3.05, 3.63) is 57.8 Å². The van der Waals surface area contributed by atoms with Gasteiger partial charge in [0.15, 0.2) is 0 Å². The molecule has 4 nitrogen and oxygen atoms in total. The van der Waals surface area contributed by atoms with Gasteiger partial charge in [-0.1, -0.05) is 30.3 Å². The van der Waals surface area contributed by atoms with E-state index in [2.05, 4.69) is 5.32 Å². The molecule has 1 aliphatic heterocycles. The smallest absolute Gasteiger partial charge is 0.305 e. The number of rotatable bonds is 5. The molecule has 1 aromatic heterocycles. The van der Waals surface area contributed by atoms with Crippen molar-refractivity contribution in [1.29, 1.82) is 0 Å². The minimum absolute atomic E-state index is 0.107. The Bertz CT molecular complexity index is 699. The Morgan fingerprint density at radius 3 is 2.78 bits per heavy atom. The van der Waals surface area contributed by atoms with E-state index in [9.17, 15) is 9.59 Å². The number of amides is 1. The van der Waals surface area contributed by atoms with Gasteiger partial charge in [0.2, 0.25) is 5.91 Å². The number of benzene rings is 1. The van der Waals surface area contributed by atoms with Gasteiger partial charge in [0.25, 0.3) is 0 Å². The molecule has 0 fully saturated rings. The molecular formula is C17H17NO3S2. The number of hydrogen-bond acceptors (Lipinski definition) is 4. The summed E-state index contributed by atoms with van der Waals surface area (Å²) in [7, 11) is 0. The van der Waals surface area contributed by atoms with E-state index in [4.69, 9.17) is 5.11 Å². The second kappa shape index (κ2) is 7.19. The molecule has 1 amide bonds. The van der Waals surface area contributed by atoms with Crippen molar-refractivity contribution < 1.29 is 14.7 Å². The summed E-state index contributed by atoms with van der Waals surface area (Å²) in [6, 6.07) is 10.8.